The summed E-state index contributed by atoms with van der Waals surface area (Å²) in [6, 6.07) is 17.9. The lowest BCUT2D eigenvalue weighted by Crippen LogP contribution is -2.39. The van der Waals surface area contributed by atoms with Crippen molar-refractivity contribution in [2.24, 2.45) is 0 Å². The summed E-state index contributed by atoms with van der Waals surface area (Å²) >= 11 is 0. The van der Waals surface area contributed by atoms with Crippen LogP contribution in [0.15, 0.2) is 54.6 Å². The van der Waals surface area contributed by atoms with Crippen LogP contribution in [0.25, 0.3) is 11.0 Å². The molecule has 2 amide bonds. The van der Waals surface area contributed by atoms with Crippen molar-refractivity contribution < 1.29 is 14.3 Å². The number of rotatable bonds is 10. The van der Waals surface area contributed by atoms with E-state index in [1.807, 2.05) is 77.9 Å². The highest BCUT2D eigenvalue weighted by atomic mass is 16.5. The Labute approximate surface area is 183 Å². The molecule has 2 aromatic carbocycles. The van der Waals surface area contributed by atoms with Gasteiger partial charge in [0.25, 0.3) is 0 Å². The van der Waals surface area contributed by atoms with Crippen molar-refractivity contribution in [1.82, 2.24) is 19.8 Å². The van der Waals surface area contributed by atoms with Crippen LogP contribution in [0.5, 0.6) is 0 Å². The van der Waals surface area contributed by atoms with Crippen LogP contribution >= 0.6 is 0 Å². The number of benzene rings is 2. The van der Waals surface area contributed by atoms with Crippen molar-refractivity contribution in [3.8, 4) is 0 Å². The van der Waals surface area contributed by atoms with E-state index >= 15 is 0 Å². The molecule has 0 saturated heterocycles. The number of nitrogens with zero attached hydrogens (tertiary/aromatic N) is 3. The molecule has 0 radical (unpaired) electrons. The van der Waals surface area contributed by atoms with E-state index in [1.54, 1.807) is 0 Å². The van der Waals surface area contributed by atoms with Gasteiger partial charge in [0.05, 0.1) is 11.0 Å². The minimum Gasteiger partial charge on any atom is -0.375 e. The lowest BCUT2D eigenvalue weighted by atomic mass is 10.2. The minimum absolute atomic E-state index is 0.0255. The maximum absolute atomic E-state index is 13.3. The second-order valence-electron chi connectivity index (χ2n) is 7.74. The number of ether oxygens (including phenoxy) is 1. The molecule has 31 heavy (non-hydrogen) atoms. The highest BCUT2D eigenvalue weighted by Gasteiger charge is 2.20. The van der Waals surface area contributed by atoms with Crippen molar-refractivity contribution in [2.45, 2.75) is 39.4 Å². The summed E-state index contributed by atoms with van der Waals surface area (Å²) in [4.78, 5) is 31.6. The van der Waals surface area contributed by atoms with Gasteiger partial charge in [0.2, 0.25) is 11.8 Å². The molecule has 3 aromatic rings. The molecule has 0 saturated carbocycles. The fourth-order valence-electron chi connectivity index (χ4n) is 3.55. The molecule has 7 heteroatoms. The molecule has 0 aliphatic heterocycles. The molecule has 1 N–H and O–H groups in total. The number of hydrogen-bond acceptors (Lipinski definition) is 4. The van der Waals surface area contributed by atoms with Gasteiger partial charge < -0.3 is 19.5 Å². The average molecular weight is 423 g/mol. The Kier molecular flexibility index (Phi) is 7.78. The molecule has 0 aliphatic rings. The van der Waals surface area contributed by atoms with Crippen LogP contribution in [0, 0.1) is 0 Å². The van der Waals surface area contributed by atoms with Crippen LogP contribution < -0.4 is 5.32 Å². The summed E-state index contributed by atoms with van der Waals surface area (Å²) < 4.78 is 6.80. The number of amides is 2. The molecular weight excluding hydrogens is 392 g/mol. The summed E-state index contributed by atoms with van der Waals surface area (Å²) in [5.74, 6) is 0.637. The molecule has 3 rings (SSSR count). The van der Waals surface area contributed by atoms with Gasteiger partial charge in [-0.1, -0.05) is 42.5 Å². The Morgan fingerprint density at radius 3 is 2.52 bits per heavy atom. The number of hydrogen-bond donors (Lipinski definition) is 1. The van der Waals surface area contributed by atoms with Crippen molar-refractivity contribution in [1.29, 1.82) is 0 Å². The highest BCUT2D eigenvalue weighted by molar-refractivity contribution is 5.81. The third-order valence-electron chi connectivity index (χ3n) is 5.11. The molecular formula is C24H30N4O3. The van der Waals surface area contributed by atoms with Crippen molar-refractivity contribution in [2.75, 3.05) is 20.3 Å². The van der Waals surface area contributed by atoms with Gasteiger partial charge in [-0.2, -0.15) is 0 Å². The van der Waals surface area contributed by atoms with E-state index in [0.29, 0.717) is 19.5 Å². The number of imidazole rings is 1. The fraction of sp³-hybridized carbons (Fsp3) is 0.375. The average Bonchev–Trinajstić information content (AvgIpc) is 3.10. The standard InChI is InChI=1S/C24H30N4O3/c1-18(2)27(15-19-9-5-4-6-10-19)24(30)16-28-21-12-8-7-11-20(21)26-22(28)13-14-25-23(29)17-31-3/h4-12,18H,13-17H2,1-3H3,(H,25,29). The van der Waals surface area contributed by atoms with Crippen LogP contribution in [0.4, 0.5) is 0 Å². The minimum atomic E-state index is -0.171. The molecule has 1 heterocycles. The number of carbonyl (C=O) groups excluding carboxylic acids is 2. The molecule has 7 nitrogen and oxygen atoms in total. The second-order valence-corrected chi connectivity index (χ2v) is 7.74. The largest absolute Gasteiger partial charge is 0.375 e. The second kappa shape index (κ2) is 10.7. The van der Waals surface area contributed by atoms with Crippen molar-refractivity contribution in [3.05, 3.63) is 66.0 Å². The topological polar surface area (TPSA) is 76.5 Å². The maximum Gasteiger partial charge on any atom is 0.245 e. The SMILES string of the molecule is COCC(=O)NCCc1nc2ccccc2n1CC(=O)N(Cc1ccccc1)C(C)C. The molecule has 0 aliphatic carbocycles. The first-order chi connectivity index (χ1) is 15.0. The molecule has 0 bridgehead atoms. The Morgan fingerprint density at radius 1 is 1.10 bits per heavy atom. The number of carbonyl (C=O) groups is 2. The normalized spacial score (nSPS) is 11.1. The van der Waals surface area contributed by atoms with Crippen LogP contribution in [-0.2, 0) is 33.8 Å². The summed E-state index contributed by atoms with van der Waals surface area (Å²) in [5, 5.41) is 2.82. The lowest BCUT2D eigenvalue weighted by Gasteiger charge is -2.27. The maximum atomic E-state index is 13.3. The molecule has 0 unspecified atom stereocenters. The Hall–Kier alpha value is -3.19. The number of methoxy groups -OCH3 is 1. The van der Waals surface area contributed by atoms with E-state index in [-0.39, 0.29) is 31.0 Å². The van der Waals surface area contributed by atoms with Crippen molar-refractivity contribution in [3.63, 3.8) is 0 Å². The first kappa shape index (κ1) is 22.5. The van der Waals surface area contributed by atoms with Crippen LogP contribution in [0.2, 0.25) is 0 Å². The number of nitrogens with one attached hydrogen (secondary N) is 1. The number of fused-ring (bicyclic) bond motifs is 1. The van der Waals surface area contributed by atoms with E-state index in [2.05, 4.69) is 5.32 Å². The zero-order valence-corrected chi connectivity index (χ0v) is 18.4. The third kappa shape index (κ3) is 5.92. The van der Waals surface area contributed by atoms with Gasteiger partial charge >= 0.3 is 0 Å². The van der Waals surface area contributed by atoms with Crippen LogP contribution in [0.3, 0.4) is 0 Å². The molecule has 0 atom stereocenters. The van der Waals surface area contributed by atoms with Gasteiger partial charge in [0, 0.05) is 32.7 Å². The third-order valence-corrected chi connectivity index (χ3v) is 5.11. The molecule has 0 spiro atoms. The zero-order chi connectivity index (χ0) is 22.2. The Balaban J connectivity index is 1.79. The van der Waals surface area contributed by atoms with E-state index in [4.69, 9.17) is 9.72 Å². The fourth-order valence-corrected chi connectivity index (χ4v) is 3.55. The predicted molar refractivity (Wildman–Crippen MR) is 120 cm³/mol. The Bertz CT molecular complexity index is 1010. The quantitative estimate of drug-likeness (QED) is 0.545. The van der Waals surface area contributed by atoms with Gasteiger partial charge in [-0.05, 0) is 31.5 Å². The van der Waals surface area contributed by atoms with E-state index < -0.39 is 0 Å². The van der Waals surface area contributed by atoms with Gasteiger partial charge in [0.15, 0.2) is 0 Å². The van der Waals surface area contributed by atoms with E-state index in [0.717, 1.165) is 22.4 Å². The van der Waals surface area contributed by atoms with Crippen molar-refractivity contribution >= 4 is 22.8 Å². The van der Waals surface area contributed by atoms with E-state index in [1.165, 1.54) is 7.11 Å². The van der Waals surface area contributed by atoms with E-state index in [9.17, 15) is 9.59 Å². The smallest absolute Gasteiger partial charge is 0.245 e. The first-order valence-electron chi connectivity index (χ1n) is 10.5. The summed E-state index contributed by atoms with van der Waals surface area (Å²) in [6.45, 7) is 5.27. The predicted octanol–water partition coefficient (Wildman–Crippen LogP) is 2.78. The summed E-state index contributed by atoms with van der Waals surface area (Å²) in [5.41, 5.74) is 2.85. The van der Waals surface area contributed by atoms with Crippen LogP contribution in [-0.4, -0.2) is 52.6 Å². The molecule has 164 valence electrons. The highest BCUT2D eigenvalue weighted by Crippen LogP contribution is 2.18. The Morgan fingerprint density at radius 2 is 1.81 bits per heavy atom. The molecule has 0 fully saturated rings. The zero-order valence-electron chi connectivity index (χ0n) is 18.4. The number of para-hydroxylation sites is 2. The summed E-state index contributed by atoms with van der Waals surface area (Å²) in [6.07, 6.45) is 0.526. The summed E-state index contributed by atoms with van der Waals surface area (Å²) in [7, 11) is 1.49. The van der Waals surface area contributed by atoms with Gasteiger partial charge in [-0.25, -0.2) is 4.98 Å². The monoisotopic (exact) mass is 422 g/mol. The van der Waals surface area contributed by atoms with Gasteiger partial charge in [0.1, 0.15) is 19.0 Å². The lowest BCUT2D eigenvalue weighted by molar-refractivity contribution is -0.134. The van der Waals surface area contributed by atoms with Gasteiger partial charge in [-0.15, -0.1) is 0 Å². The molecule has 1 aromatic heterocycles. The first-order valence-corrected chi connectivity index (χ1v) is 10.5. The number of aromatic nitrogens is 2. The van der Waals surface area contributed by atoms with Crippen LogP contribution in [0.1, 0.15) is 25.2 Å². The van der Waals surface area contributed by atoms with Gasteiger partial charge in [-0.3, -0.25) is 9.59 Å².